The number of unbranched alkanes of at least 4 members (excludes halogenated alkanes) is 5. The van der Waals surface area contributed by atoms with Gasteiger partial charge in [0.2, 0.25) is 0 Å². The molecule has 0 rings (SSSR count). The molecule has 0 saturated heterocycles. The topological polar surface area (TPSA) is 17.1 Å². The Bertz CT molecular complexity index is 164. The van der Waals surface area contributed by atoms with Crippen LogP contribution in [0.4, 0.5) is 0 Å². The zero-order valence-electron chi connectivity index (χ0n) is 9.72. The summed E-state index contributed by atoms with van der Waals surface area (Å²) in [6.45, 7) is 4.33. The summed E-state index contributed by atoms with van der Waals surface area (Å²) in [4.78, 5) is 0. The van der Waals surface area contributed by atoms with Gasteiger partial charge in [-0.05, 0) is 0 Å². The first-order valence-electron chi connectivity index (χ1n) is 6.00. The Kier molecular flexibility index (Phi) is 11.7. The molecular formula is C12H24OSn. The van der Waals surface area contributed by atoms with Gasteiger partial charge < -0.3 is 0 Å². The molecule has 0 atom stereocenters. The van der Waals surface area contributed by atoms with E-state index in [0.717, 1.165) is 10.9 Å². The minimum atomic E-state index is -2.23. The normalized spacial score (nSPS) is 11.0. The number of rotatable bonds is 9. The second-order valence-electron chi connectivity index (χ2n) is 3.79. The Hall–Kier alpha value is 0.339. The first-order valence-corrected chi connectivity index (χ1v) is 10.8. The molecule has 82 valence electrons. The molecule has 2 heteroatoms. The van der Waals surface area contributed by atoms with Crippen LogP contribution in [0.15, 0.2) is 10.2 Å². The van der Waals surface area contributed by atoms with Crippen molar-refractivity contribution >= 4 is 19.7 Å². The van der Waals surface area contributed by atoms with Gasteiger partial charge in [-0.3, -0.25) is 0 Å². The van der Waals surface area contributed by atoms with Gasteiger partial charge in [0.15, 0.2) is 0 Å². The summed E-state index contributed by atoms with van der Waals surface area (Å²) in [7, 11) is 0. The first kappa shape index (κ1) is 14.3. The van der Waals surface area contributed by atoms with Crippen molar-refractivity contribution in [3.63, 3.8) is 0 Å². The molecule has 0 spiro atoms. The molecule has 14 heavy (non-hydrogen) atoms. The maximum atomic E-state index is 11.5. The Morgan fingerprint density at radius 3 is 2.29 bits per heavy atom. The van der Waals surface area contributed by atoms with Gasteiger partial charge in [-0.1, -0.05) is 0 Å². The van der Waals surface area contributed by atoms with Crippen LogP contribution in [0.5, 0.6) is 0 Å². The van der Waals surface area contributed by atoms with Gasteiger partial charge >= 0.3 is 96.2 Å². The van der Waals surface area contributed by atoms with E-state index in [0.29, 0.717) is 0 Å². The first-order chi connectivity index (χ1) is 6.81. The third kappa shape index (κ3) is 10.4. The molecule has 0 aromatic heterocycles. The van der Waals surface area contributed by atoms with Crippen molar-refractivity contribution in [3.8, 4) is 0 Å². The van der Waals surface area contributed by atoms with Crippen molar-refractivity contribution in [2.75, 3.05) is 0 Å². The fraction of sp³-hybridized carbons (Fsp3) is 0.833. The summed E-state index contributed by atoms with van der Waals surface area (Å²) >= 11 is -2.23. The number of hydrogen-bond donors (Lipinski definition) is 0. The summed E-state index contributed by atoms with van der Waals surface area (Å²) in [5.74, 6) is 0. The summed E-state index contributed by atoms with van der Waals surface area (Å²) in [5, 5.41) is 0. The SMILES string of the molecule is CCC=[CH][Sn](=[O])[CH2]CCCCCCC. The molecular weight excluding hydrogens is 279 g/mol. The molecule has 0 aliphatic heterocycles. The van der Waals surface area contributed by atoms with Gasteiger partial charge in [0.25, 0.3) is 0 Å². The van der Waals surface area contributed by atoms with E-state index < -0.39 is 19.7 Å². The van der Waals surface area contributed by atoms with E-state index in [4.69, 9.17) is 0 Å². The Balaban J connectivity index is 3.19. The van der Waals surface area contributed by atoms with Crippen LogP contribution in [0.2, 0.25) is 4.44 Å². The van der Waals surface area contributed by atoms with Crippen LogP contribution in [-0.2, 0) is 3.08 Å². The molecule has 0 fully saturated rings. The summed E-state index contributed by atoms with van der Waals surface area (Å²) < 4.78 is 14.5. The minimum absolute atomic E-state index is 1.02. The van der Waals surface area contributed by atoms with Gasteiger partial charge in [0, 0.05) is 0 Å². The average Bonchev–Trinajstić information content (AvgIpc) is 2.20. The molecule has 0 aromatic rings. The van der Waals surface area contributed by atoms with Crippen LogP contribution in [0.25, 0.3) is 0 Å². The van der Waals surface area contributed by atoms with Gasteiger partial charge in [-0.2, -0.15) is 0 Å². The van der Waals surface area contributed by atoms with E-state index in [-0.39, 0.29) is 0 Å². The fourth-order valence-electron chi connectivity index (χ4n) is 1.41. The molecule has 0 aromatic carbocycles. The van der Waals surface area contributed by atoms with E-state index in [2.05, 4.69) is 19.9 Å². The number of allylic oxidation sites excluding steroid dienone is 1. The van der Waals surface area contributed by atoms with Crippen molar-refractivity contribution in [3.05, 3.63) is 10.2 Å². The van der Waals surface area contributed by atoms with Crippen molar-refractivity contribution in [1.82, 2.24) is 0 Å². The van der Waals surface area contributed by atoms with E-state index in [1.165, 1.54) is 38.5 Å². The van der Waals surface area contributed by atoms with Crippen molar-refractivity contribution < 1.29 is 3.08 Å². The van der Waals surface area contributed by atoms with Gasteiger partial charge in [0.05, 0.1) is 0 Å². The molecule has 0 amide bonds. The zero-order chi connectivity index (χ0) is 10.6. The average molecular weight is 303 g/mol. The van der Waals surface area contributed by atoms with E-state index in [1.807, 2.05) is 4.09 Å². The van der Waals surface area contributed by atoms with Crippen LogP contribution >= 0.6 is 0 Å². The van der Waals surface area contributed by atoms with E-state index in [1.54, 1.807) is 0 Å². The molecule has 0 saturated carbocycles. The summed E-state index contributed by atoms with van der Waals surface area (Å²) in [6, 6.07) is 0. The molecule has 0 aliphatic rings. The van der Waals surface area contributed by atoms with Crippen LogP contribution in [-0.4, -0.2) is 19.7 Å². The van der Waals surface area contributed by atoms with E-state index >= 15 is 0 Å². The summed E-state index contributed by atoms with van der Waals surface area (Å²) in [5.41, 5.74) is 0. The van der Waals surface area contributed by atoms with Crippen molar-refractivity contribution in [2.24, 2.45) is 0 Å². The Morgan fingerprint density at radius 1 is 1.00 bits per heavy atom. The molecule has 0 heterocycles. The second-order valence-corrected chi connectivity index (χ2v) is 8.83. The fourth-order valence-corrected chi connectivity index (χ4v) is 5.02. The summed E-state index contributed by atoms with van der Waals surface area (Å²) in [6.07, 6.45) is 10.9. The Morgan fingerprint density at radius 2 is 1.64 bits per heavy atom. The molecule has 0 radical (unpaired) electrons. The van der Waals surface area contributed by atoms with Crippen LogP contribution in [0.1, 0.15) is 58.8 Å². The maximum absolute atomic E-state index is 11.5. The van der Waals surface area contributed by atoms with Gasteiger partial charge in [-0.25, -0.2) is 0 Å². The van der Waals surface area contributed by atoms with Gasteiger partial charge in [-0.15, -0.1) is 0 Å². The molecule has 0 bridgehead atoms. The Labute approximate surface area is 96.1 Å². The monoisotopic (exact) mass is 304 g/mol. The quantitative estimate of drug-likeness (QED) is 0.459. The molecule has 0 N–H and O–H groups in total. The van der Waals surface area contributed by atoms with Crippen LogP contribution in [0, 0.1) is 0 Å². The molecule has 0 aliphatic carbocycles. The van der Waals surface area contributed by atoms with Crippen LogP contribution < -0.4 is 0 Å². The third-order valence-corrected chi connectivity index (χ3v) is 6.47. The number of hydrogen-bond acceptors (Lipinski definition) is 1. The van der Waals surface area contributed by atoms with Crippen molar-refractivity contribution in [2.45, 2.75) is 63.2 Å². The predicted octanol–water partition coefficient (Wildman–Crippen LogP) is 4.27. The molecule has 0 unspecified atom stereocenters. The van der Waals surface area contributed by atoms with Gasteiger partial charge in [0.1, 0.15) is 0 Å². The molecule has 1 nitrogen and oxygen atoms in total. The van der Waals surface area contributed by atoms with Crippen LogP contribution in [0.3, 0.4) is 0 Å². The van der Waals surface area contributed by atoms with E-state index in [9.17, 15) is 3.08 Å². The second kappa shape index (κ2) is 11.4. The van der Waals surface area contributed by atoms with Crippen molar-refractivity contribution in [1.29, 1.82) is 0 Å². The standard InChI is InChI=1S/C8H17.C4H7.O.Sn/c1-3-5-7-8-6-4-2;1-3-4-2;;/h1,3-8H2,2H3;1,3H,4H2,2H3;;. The zero-order valence-corrected chi connectivity index (χ0v) is 12.6. The predicted molar refractivity (Wildman–Crippen MR) is 64.1 cm³/mol. The third-order valence-electron chi connectivity index (χ3n) is 2.32.